The van der Waals surface area contributed by atoms with Gasteiger partial charge in [0.2, 0.25) is 0 Å². The zero-order valence-electron chi connectivity index (χ0n) is 9.57. The summed E-state index contributed by atoms with van der Waals surface area (Å²) in [6.45, 7) is 0. The Hall–Kier alpha value is -1.43. The van der Waals surface area contributed by atoms with Crippen molar-refractivity contribution in [3.05, 3.63) is 23.5 Å². The molecule has 0 heterocycles. The number of carbonyl (C=O) groups excluding carboxylic acids is 1. The van der Waals surface area contributed by atoms with E-state index < -0.39 is 20.5 Å². The van der Waals surface area contributed by atoms with Crippen molar-refractivity contribution in [3.8, 4) is 5.75 Å². The number of hydrogen-bond donors (Lipinski definition) is 0. The molecule has 0 aliphatic heterocycles. The summed E-state index contributed by atoms with van der Waals surface area (Å²) < 4.78 is 41.7. The average Bonchev–Trinajstić information content (AvgIpc) is 2.25. The molecule has 4 nitrogen and oxygen atoms in total. The Labute approximate surface area is 99.3 Å². The van der Waals surface area contributed by atoms with Gasteiger partial charge in [0.25, 0.3) is 0 Å². The van der Waals surface area contributed by atoms with E-state index in [0.29, 0.717) is 6.29 Å². The van der Waals surface area contributed by atoms with Gasteiger partial charge in [0.05, 0.1) is 7.11 Å². The van der Waals surface area contributed by atoms with Crippen LogP contribution in [0, 0.1) is 5.82 Å². The standard InChI is InChI=1S/C11H13FO4S/c1-16-9-6-5-8(4-3-7-13)10(12)11(9)17(2,14)15/h5-7H,3-4H2,1-2H3. The Morgan fingerprint density at radius 2 is 2.06 bits per heavy atom. The highest BCUT2D eigenvalue weighted by molar-refractivity contribution is 7.90. The molecule has 0 aliphatic rings. The fourth-order valence-electron chi connectivity index (χ4n) is 1.49. The number of aryl methyl sites for hydroxylation is 1. The molecular formula is C11H13FO4S. The normalized spacial score (nSPS) is 11.2. The van der Waals surface area contributed by atoms with Crippen LogP contribution in [-0.4, -0.2) is 28.1 Å². The maximum Gasteiger partial charge on any atom is 0.182 e. The zero-order valence-corrected chi connectivity index (χ0v) is 10.4. The van der Waals surface area contributed by atoms with E-state index >= 15 is 0 Å². The molecule has 0 atom stereocenters. The fraction of sp³-hybridized carbons (Fsp3) is 0.364. The third kappa shape index (κ3) is 3.03. The second-order valence-corrected chi connectivity index (χ2v) is 5.50. The van der Waals surface area contributed by atoms with E-state index in [4.69, 9.17) is 4.74 Å². The summed E-state index contributed by atoms with van der Waals surface area (Å²) in [5.74, 6) is -0.867. The van der Waals surface area contributed by atoms with Crippen molar-refractivity contribution in [1.82, 2.24) is 0 Å². The average molecular weight is 260 g/mol. The van der Waals surface area contributed by atoms with Crippen molar-refractivity contribution in [2.45, 2.75) is 17.7 Å². The summed E-state index contributed by atoms with van der Waals surface area (Å²) >= 11 is 0. The lowest BCUT2D eigenvalue weighted by molar-refractivity contribution is -0.107. The molecule has 0 aliphatic carbocycles. The number of rotatable bonds is 5. The molecule has 0 amide bonds. The first-order valence-corrected chi connectivity index (χ1v) is 6.80. The predicted octanol–water partition coefficient (Wildman–Crippen LogP) is 1.37. The topological polar surface area (TPSA) is 60.4 Å². The summed E-state index contributed by atoms with van der Waals surface area (Å²) in [7, 11) is -2.44. The first-order chi connectivity index (χ1) is 7.91. The number of benzene rings is 1. The van der Waals surface area contributed by atoms with Crippen LogP contribution < -0.4 is 4.74 Å². The largest absolute Gasteiger partial charge is 0.495 e. The van der Waals surface area contributed by atoms with Gasteiger partial charge in [-0.2, -0.15) is 0 Å². The van der Waals surface area contributed by atoms with E-state index in [-0.39, 0.29) is 24.2 Å². The molecule has 0 saturated heterocycles. The molecule has 0 aromatic heterocycles. The highest BCUT2D eigenvalue weighted by Crippen LogP contribution is 2.29. The molecule has 94 valence electrons. The van der Waals surface area contributed by atoms with E-state index in [1.165, 1.54) is 19.2 Å². The molecule has 0 fully saturated rings. The Balaban J connectivity index is 3.38. The van der Waals surface area contributed by atoms with Crippen molar-refractivity contribution >= 4 is 16.1 Å². The molecule has 1 aromatic carbocycles. The molecule has 0 bridgehead atoms. The van der Waals surface area contributed by atoms with Gasteiger partial charge < -0.3 is 9.53 Å². The lowest BCUT2D eigenvalue weighted by atomic mass is 10.1. The Bertz CT molecular complexity index is 523. The lowest BCUT2D eigenvalue weighted by Gasteiger charge is -2.10. The quantitative estimate of drug-likeness (QED) is 0.750. The Morgan fingerprint density at radius 3 is 2.53 bits per heavy atom. The van der Waals surface area contributed by atoms with E-state index in [2.05, 4.69) is 0 Å². The van der Waals surface area contributed by atoms with Crippen LogP contribution >= 0.6 is 0 Å². The molecular weight excluding hydrogens is 247 g/mol. The zero-order chi connectivity index (χ0) is 13.1. The molecule has 17 heavy (non-hydrogen) atoms. The van der Waals surface area contributed by atoms with Gasteiger partial charge in [0.15, 0.2) is 9.84 Å². The number of halogens is 1. The first kappa shape index (κ1) is 13.6. The minimum Gasteiger partial charge on any atom is -0.495 e. The predicted molar refractivity (Wildman–Crippen MR) is 60.4 cm³/mol. The van der Waals surface area contributed by atoms with Crippen LogP contribution in [0.3, 0.4) is 0 Å². The van der Waals surface area contributed by atoms with Crippen molar-refractivity contribution in [3.63, 3.8) is 0 Å². The summed E-state index contributed by atoms with van der Waals surface area (Å²) in [6, 6.07) is 2.81. The summed E-state index contributed by atoms with van der Waals surface area (Å²) in [6.07, 6.45) is 1.88. The second kappa shape index (κ2) is 5.27. The summed E-state index contributed by atoms with van der Waals surface area (Å²) in [5.41, 5.74) is 0.193. The molecule has 0 radical (unpaired) electrons. The van der Waals surface area contributed by atoms with E-state index in [1.54, 1.807) is 0 Å². The SMILES string of the molecule is COc1ccc(CCC=O)c(F)c1S(C)(=O)=O. The molecule has 0 saturated carbocycles. The molecule has 0 unspecified atom stereocenters. The van der Waals surface area contributed by atoms with E-state index in [1.807, 2.05) is 0 Å². The third-order valence-electron chi connectivity index (χ3n) is 2.26. The maximum absolute atomic E-state index is 14.0. The van der Waals surface area contributed by atoms with Crippen molar-refractivity contribution in [2.75, 3.05) is 13.4 Å². The van der Waals surface area contributed by atoms with Crippen LogP contribution in [0.5, 0.6) is 5.75 Å². The van der Waals surface area contributed by atoms with Crippen molar-refractivity contribution < 1.29 is 22.3 Å². The van der Waals surface area contributed by atoms with Crippen LogP contribution in [0.15, 0.2) is 17.0 Å². The molecule has 0 spiro atoms. The van der Waals surface area contributed by atoms with Gasteiger partial charge in [-0.1, -0.05) is 6.07 Å². The van der Waals surface area contributed by atoms with Crippen LogP contribution in [-0.2, 0) is 21.1 Å². The summed E-state index contributed by atoms with van der Waals surface area (Å²) in [4.78, 5) is 9.77. The van der Waals surface area contributed by atoms with Crippen LogP contribution in [0.2, 0.25) is 0 Å². The van der Waals surface area contributed by atoms with Gasteiger partial charge in [-0.3, -0.25) is 0 Å². The lowest BCUT2D eigenvalue weighted by Crippen LogP contribution is -2.07. The van der Waals surface area contributed by atoms with Gasteiger partial charge in [-0.05, 0) is 18.1 Å². The van der Waals surface area contributed by atoms with E-state index in [9.17, 15) is 17.6 Å². The number of sulfone groups is 1. The van der Waals surface area contributed by atoms with Crippen molar-refractivity contribution in [1.29, 1.82) is 0 Å². The number of aldehydes is 1. The van der Waals surface area contributed by atoms with Gasteiger partial charge in [0, 0.05) is 12.7 Å². The Morgan fingerprint density at radius 1 is 1.41 bits per heavy atom. The minimum absolute atomic E-state index is 0.0279. The highest BCUT2D eigenvalue weighted by atomic mass is 32.2. The fourth-order valence-corrected chi connectivity index (χ4v) is 2.47. The van der Waals surface area contributed by atoms with Gasteiger partial charge in [-0.15, -0.1) is 0 Å². The van der Waals surface area contributed by atoms with E-state index in [0.717, 1.165) is 6.26 Å². The number of ether oxygens (including phenoxy) is 1. The first-order valence-electron chi connectivity index (χ1n) is 4.91. The molecule has 0 N–H and O–H groups in total. The van der Waals surface area contributed by atoms with Crippen LogP contribution in [0.1, 0.15) is 12.0 Å². The molecule has 1 aromatic rings. The van der Waals surface area contributed by atoms with Crippen molar-refractivity contribution in [2.24, 2.45) is 0 Å². The maximum atomic E-state index is 14.0. The minimum atomic E-state index is -3.71. The molecule has 1 rings (SSSR count). The second-order valence-electron chi connectivity index (χ2n) is 3.55. The summed E-state index contributed by atoms with van der Waals surface area (Å²) in [5, 5.41) is 0. The highest BCUT2D eigenvalue weighted by Gasteiger charge is 2.22. The monoisotopic (exact) mass is 260 g/mol. The van der Waals surface area contributed by atoms with Crippen LogP contribution in [0.25, 0.3) is 0 Å². The number of methoxy groups -OCH3 is 1. The van der Waals surface area contributed by atoms with Crippen LogP contribution in [0.4, 0.5) is 4.39 Å². The number of hydrogen-bond acceptors (Lipinski definition) is 4. The Kier molecular flexibility index (Phi) is 4.22. The molecule has 6 heteroatoms. The van der Waals surface area contributed by atoms with Gasteiger partial charge in [-0.25, -0.2) is 12.8 Å². The van der Waals surface area contributed by atoms with Gasteiger partial charge >= 0.3 is 0 Å². The third-order valence-corrected chi connectivity index (χ3v) is 3.39. The smallest absolute Gasteiger partial charge is 0.182 e. The number of carbonyl (C=O) groups is 1. The van der Waals surface area contributed by atoms with Gasteiger partial charge in [0.1, 0.15) is 22.7 Å².